The molecule has 0 saturated carbocycles. The Kier molecular flexibility index (Phi) is 5.14. The highest BCUT2D eigenvalue weighted by Gasteiger charge is 2.37. The number of hydrazine groups is 1. The first-order valence-electron chi connectivity index (χ1n) is 10.6. The van der Waals surface area contributed by atoms with Crippen LogP contribution in [0.3, 0.4) is 0 Å². The SMILES string of the molecule is C[C@@H]1CC(Cn2ccc3cc(C4CNNC4)ccc32)CN1S(=O)(=O)c1ccccc1. The summed E-state index contributed by atoms with van der Waals surface area (Å²) in [6, 6.07) is 17.7. The van der Waals surface area contributed by atoms with Crippen molar-refractivity contribution >= 4 is 20.9 Å². The molecule has 1 unspecified atom stereocenters. The van der Waals surface area contributed by atoms with Crippen LogP contribution in [0, 0.1) is 5.92 Å². The first-order chi connectivity index (χ1) is 14.5. The average molecular weight is 425 g/mol. The van der Waals surface area contributed by atoms with Gasteiger partial charge >= 0.3 is 0 Å². The molecule has 2 atom stereocenters. The van der Waals surface area contributed by atoms with Crippen LogP contribution in [0.1, 0.15) is 24.8 Å². The Hall–Kier alpha value is -2.19. The fourth-order valence-corrected chi connectivity index (χ4v) is 6.65. The minimum Gasteiger partial charge on any atom is -0.347 e. The summed E-state index contributed by atoms with van der Waals surface area (Å²) in [5, 5.41) is 1.25. The van der Waals surface area contributed by atoms with Crippen molar-refractivity contribution in [2.24, 2.45) is 5.92 Å². The van der Waals surface area contributed by atoms with E-state index in [1.807, 2.05) is 13.0 Å². The Labute approximate surface area is 177 Å². The van der Waals surface area contributed by atoms with Crippen LogP contribution in [0.2, 0.25) is 0 Å². The predicted molar refractivity (Wildman–Crippen MR) is 119 cm³/mol. The molecule has 1 aromatic heterocycles. The zero-order valence-corrected chi connectivity index (χ0v) is 18.0. The third-order valence-electron chi connectivity index (χ3n) is 6.50. The molecule has 2 N–H and O–H groups in total. The third-order valence-corrected chi connectivity index (χ3v) is 8.49. The van der Waals surface area contributed by atoms with Crippen molar-refractivity contribution in [1.29, 1.82) is 0 Å². The predicted octanol–water partition coefficient (Wildman–Crippen LogP) is 2.93. The molecule has 7 heteroatoms. The van der Waals surface area contributed by atoms with Crippen molar-refractivity contribution in [1.82, 2.24) is 19.7 Å². The lowest BCUT2D eigenvalue weighted by atomic mass is 9.99. The second-order valence-corrected chi connectivity index (χ2v) is 10.5. The van der Waals surface area contributed by atoms with Crippen LogP contribution < -0.4 is 10.9 Å². The summed E-state index contributed by atoms with van der Waals surface area (Å²) in [5.41, 5.74) is 8.96. The number of rotatable bonds is 5. The molecule has 2 fully saturated rings. The van der Waals surface area contributed by atoms with E-state index in [2.05, 4.69) is 45.9 Å². The van der Waals surface area contributed by atoms with E-state index in [9.17, 15) is 8.42 Å². The molecule has 0 spiro atoms. The monoisotopic (exact) mass is 424 g/mol. The quantitative estimate of drug-likeness (QED) is 0.661. The van der Waals surface area contributed by atoms with E-state index in [0.717, 1.165) is 26.1 Å². The number of fused-ring (bicyclic) bond motifs is 1. The van der Waals surface area contributed by atoms with Gasteiger partial charge in [-0.15, -0.1) is 0 Å². The molecule has 158 valence electrons. The van der Waals surface area contributed by atoms with E-state index < -0.39 is 10.0 Å². The van der Waals surface area contributed by atoms with Gasteiger partial charge in [0.25, 0.3) is 0 Å². The third kappa shape index (κ3) is 3.56. The summed E-state index contributed by atoms with van der Waals surface area (Å²) in [6.45, 7) is 5.33. The summed E-state index contributed by atoms with van der Waals surface area (Å²) in [6.07, 6.45) is 3.02. The van der Waals surface area contributed by atoms with Gasteiger partial charge in [0.1, 0.15) is 0 Å². The van der Waals surface area contributed by atoms with Crippen molar-refractivity contribution < 1.29 is 8.42 Å². The Bertz CT molecular complexity index is 1140. The number of sulfonamides is 1. The second-order valence-electron chi connectivity index (χ2n) is 8.58. The molecular weight excluding hydrogens is 396 g/mol. The summed E-state index contributed by atoms with van der Waals surface area (Å²) >= 11 is 0. The maximum absolute atomic E-state index is 13.1. The maximum Gasteiger partial charge on any atom is 0.243 e. The maximum atomic E-state index is 13.1. The van der Waals surface area contributed by atoms with Crippen LogP contribution in [-0.2, 0) is 16.6 Å². The number of aromatic nitrogens is 1. The highest BCUT2D eigenvalue weighted by molar-refractivity contribution is 7.89. The lowest BCUT2D eigenvalue weighted by molar-refractivity contribution is 0.400. The number of hydrogen-bond donors (Lipinski definition) is 2. The first-order valence-corrected chi connectivity index (χ1v) is 12.1. The lowest BCUT2D eigenvalue weighted by Crippen LogP contribution is -2.34. The molecule has 2 aliphatic heterocycles. The molecule has 0 amide bonds. The van der Waals surface area contributed by atoms with Crippen LogP contribution in [-0.4, -0.2) is 43.0 Å². The van der Waals surface area contributed by atoms with Crippen LogP contribution in [0.25, 0.3) is 10.9 Å². The minimum atomic E-state index is -3.45. The number of hydrogen-bond acceptors (Lipinski definition) is 4. The van der Waals surface area contributed by atoms with Gasteiger partial charge in [-0.05, 0) is 60.5 Å². The van der Waals surface area contributed by atoms with Crippen molar-refractivity contribution in [3.63, 3.8) is 0 Å². The second kappa shape index (κ2) is 7.81. The van der Waals surface area contributed by atoms with Gasteiger partial charge in [-0.2, -0.15) is 4.31 Å². The van der Waals surface area contributed by atoms with Crippen LogP contribution in [0.5, 0.6) is 0 Å². The molecule has 2 aliphatic rings. The zero-order valence-electron chi connectivity index (χ0n) is 17.2. The number of benzene rings is 2. The van der Waals surface area contributed by atoms with E-state index in [1.165, 1.54) is 16.5 Å². The molecule has 5 rings (SSSR count). The smallest absolute Gasteiger partial charge is 0.243 e. The summed E-state index contributed by atoms with van der Waals surface area (Å²) in [4.78, 5) is 0.382. The van der Waals surface area contributed by atoms with Gasteiger partial charge in [-0.25, -0.2) is 8.42 Å². The molecule has 6 nitrogen and oxygen atoms in total. The molecule has 2 saturated heterocycles. The fraction of sp³-hybridized carbons (Fsp3) is 0.391. The van der Waals surface area contributed by atoms with E-state index in [-0.39, 0.29) is 6.04 Å². The van der Waals surface area contributed by atoms with Crippen molar-refractivity contribution in [2.75, 3.05) is 19.6 Å². The van der Waals surface area contributed by atoms with Gasteiger partial charge in [0.05, 0.1) is 4.90 Å². The van der Waals surface area contributed by atoms with Crippen molar-refractivity contribution in [2.45, 2.75) is 36.7 Å². The molecule has 2 aromatic carbocycles. The van der Waals surface area contributed by atoms with E-state index in [0.29, 0.717) is 23.3 Å². The Morgan fingerprint density at radius 1 is 1.03 bits per heavy atom. The normalized spacial score (nSPS) is 23.5. The molecule has 30 heavy (non-hydrogen) atoms. The van der Waals surface area contributed by atoms with E-state index >= 15 is 0 Å². The Balaban J connectivity index is 1.33. The van der Waals surface area contributed by atoms with Gasteiger partial charge in [-0.3, -0.25) is 10.9 Å². The van der Waals surface area contributed by atoms with E-state index in [1.54, 1.807) is 28.6 Å². The van der Waals surface area contributed by atoms with Crippen LogP contribution in [0.4, 0.5) is 0 Å². The largest absolute Gasteiger partial charge is 0.347 e. The van der Waals surface area contributed by atoms with Crippen molar-refractivity contribution in [3.8, 4) is 0 Å². The number of nitrogens with one attached hydrogen (secondary N) is 2. The number of nitrogens with zero attached hydrogens (tertiary/aromatic N) is 2. The Morgan fingerprint density at radius 2 is 1.80 bits per heavy atom. The standard InChI is InChI=1S/C23H28N4O2S/c1-17-11-18(16-27(17)30(28,29)22-5-3-2-4-6-22)15-26-10-9-20-12-19(7-8-23(20)26)21-13-24-25-14-21/h2-10,12,17-18,21,24-25H,11,13-16H2,1H3/t17-,18?/m1/s1. The molecule has 0 bridgehead atoms. The molecular formula is C23H28N4O2S. The average Bonchev–Trinajstić information content (AvgIpc) is 3.49. The van der Waals surface area contributed by atoms with Crippen molar-refractivity contribution in [3.05, 3.63) is 66.4 Å². The van der Waals surface area contributed by atoms with Crippen LogP contribution >= 0.6 is 0 Å². The minimum absolute atomic E-state index is 0.0102. The molecule has 3 heterocycles. The summed E-state index contributed by atoms with van der Waals surface area (Å²) in [5.74, 6) is 0.808. The first kappa shape index (κ1) is 19.8. The fourth-order valence-electron chi connectivity index (χ4n) is 4.91. The molecule has 0 radical (unpaired) electrons. The molecule has 0 aliphatic carbocycles. The summed E-state index contributed by atoms with van der Waals surface area (Å²) < 4.78 is 30.1. The van der Waals surface area contributed by atoms with Crippen LogP contribution in [0.15, 0.2) is 65.7 Å². The highest BCUT2D eigenvalue weighted by atomic mass is 32.2. The van der Waals surface area contributed by atoms with Gasteiger partial charge in [0.15, 0.2) is 0 Å². The van der Waals surface area contributed by atoms with Gasteiger partial charge in [0, 0.05) is 49.9 Å². The van der Waals surface area contributed by atoms with Gasteiger partial charge in [-0.1, -0.05) is 24.3 Å². The van der Waals surface area contributed by atoms with Gasteiger partial charge < -0.3 is 4.57 Å². The molecule has 3 aromatic rings. The highest BCUT2D eigenvalue weighted by Crippen LogP contribution is 2.31. The zero-order chi connectivity index (χ0) is 20.7. The van der Waals surface area contributed by atoms with Gasteiger partial charge in [0.2, 0.25) is 10.0 Å². The lowest BCUT2D eigenvalue weighted by Gasteiger charge is -2.21. The van der Waals surface area contributed by atoms with E-state index in [4.69, 9.17) is 0 Å². The Morgan fingerprint density at radius 3 is 2.57 bits per heavy atom. The topological polar surface area (TPSA) is 66.4 Å². The summed E-state index contributed by atoms with van der Waals surface area (Å²) in [7, 11) is -3.45.